The molecule has 6 heteroatoms. The summed E-state index contributed by atoms with van der Waals surface area (Å²) in [6, 6.07) is 3.43. The number of nitrogens with one attached hydrogen (secondary N) is 1. The van der Waals surface area contributed by atoms with Crippen molar-refractivity contribution in [2.45, 2.75) is 18.9 Å². The van der Waals surface area contributed by atoms with Crippen LogP contribution in [-0.2, 0) is 0 Å². The SMILES string of the molecule is Cl.OCCC[C@@H](c1cc(F)ccc1F)N1CCNCC1. The van der Waals surface area contributed by atoms with Crippen LogP contribution in [-0.4, -0.2) is 42.8 Å². The van der Waals surface area contributed by atoms with Crippen LogP contribution in [0.5, 0.6) is 0 Å². The maximum atomic E-state index is 13.9. The van der Waals surface area contributed by atoms with Crippen LogP contribution < -0.4 is 5.32 Å². The molecule has 1 heterocycles. The van der Waals surface area contributed by atoms with Crippen molar-refractivity contribution in [3.8, 4) is 0 Å². The zero-order valence-electron chi connectivity index (χ0n) is 11.3. The van der Waals surface area contributed by atoms with Gasteiger partial charge in [0.15, 0.2) is 0 Å². The Morgan fingerprint density at radius 2 is 1.95 bits per heavy atom. The van der Waals surface area contributed by atoms with Crippen molar-refractivity contribution in [3.63, 3.8) is 0 Å². The van der Waals surface area contributed by atoms with Gasteiger partial charge in [0.25, 0.3) is 0 Å². The van der Waals surface area contributed by atoms with E-state index in [1.54, 1.807) is 0 Å². The smallest absolute Gasteiger partial charge is 0.128 e. The Kier molecular flexibility index (Phi) is 7.37. The van der Waals surface area contributed by atoms with Gasteiger partial charge < -0.3 is 10.4 Å². The van der Waals surface area contributed by atoms with Crippen molar-refractivity contribution in [1.29, 1.82) is 0 Å². The number of aliphatic hydroxyl groups is 1. The lowest BCUT2D eigenvalue weighted by atomic mass is 9.99. The predicted molar refractivity (Wildman–Crippen MR) is 77.1 cm³/mol. The van der Waals surface area contributed by atoms with E-state index < -0.39 is 5.82 Å². The van der Waals surface area contributed by atoms with Crippen molar-refractivity contribution in [3.05, 3.63) is 35.4 Å². The highest BCUT2D eigenvalue weighted by Crippen LogP contribution is 2.28. The molecule has 0 aliphatic carbocycles. The molecule has 0 bridgehead atoms. The molecule has 2 rings (SSSR count). The molecule has 3 nitrogen and oxygen atoms in total. The van der Waals surface area contributed by atoms with Crippen LogP contribution in [0.1, 0.15) is 24.4 Å². The Hall–Kier alpha value is -0.750. The second-order valence-corrected chi connectivity index (χ2v) is 4.83. The molecule has 1 saturated heterocycles. The second kappa shape index (κ2) is 8.52. The molecule has 114 valence electrons. The summed E-state index contributed by atoms with van der Waals surface area (Å²) in [7, 11) is 0. The normalized spacial score (nSPS) is 17.6. The van der Waals surface area contributed by atoms with Crippen molar-refractivity contribution < 1.29 is 13.9 Å². The van der Waals surface area contributed by atoms with Crippen molar-refractivity contribution >= 4 is 12.4 Å². The first kappa shape index (κ1) is 17.3. The van der Waals surface area contributed by atoms with E-state index in [2.05, 4.69) is 10.2 Å². The lowest BCUT2D eigenvalue weighted by Gasteiger charge is -2.35. The van der Waals surface area contributed by atoms with Crippen LogP contribution in [0.4, 0.5) is 8.78 Å². The van der Waals surface area contributed by atoms with Gasteiger partial charge in [0, 0.05) is 44.4 Å². The summed E-state index contributed by atoms with van der Waals surface area (Å²) in [4.78, 5) is 2.16. The molecule has 1 aliphatic rings. The zero-order valence-corrected chi connectivity index (χ0v) is 12.1. The van der Waals surface area contributed by atoms with E-state index in [9.17, 15) is 8.78 Å². The highest BCUT2D eigenvalue weighted by Gasteiger charge is 2.24. The molecule has 1 fully saturated rings. The number of rotatable bonds is 5. The molecule has 0 amide bonds. The Morgan fingerprint density at radius 1 is 1.25 bits per heavy atom. The lowest BCUT2D eigenvalue weighted by Crippen LogP contribution is -2.45. The van der Waals surface area contributed by atoms with E-state index in [0.717, 1.165) is 32.2 Å². The molecule has 0 saturated carbocycles. The Labute approximate surface area is 124 Å². The minimum Gasteiger partial charge on any atom is -0.396 e. The molecule has 0 aromatic heterocycles. The number of hydrogen-bond acceptors (Lipinski definition) is 3. The third kappa shape index (κ3) is 4.38. The first-order valence-electron chi connectivity index (χ1n) is 6.73. The molecule has 0 unspecified atom stereocenters. The minimum absolute atomic E-state index is 0. The topological polar surface area (TPSA) is 35.5 Å². The van der Waals surface area contributed by atoms with Gasteiger partial charge >= 0.3 is 0 Å². The molecule has 1 aliphatic heterocycles. The Balaban J connectivity index is 0.00000200. The molecule has 1 aromatic rings. The van der Waals surface area contributed by atoms with Gasteiger partial charge in [-0.3, -0.25) is 4.90 Å². The molecular weight excluding hydrogens is 286 g/mol. The molecule has 20 heavy (non-hydrogen) atoms. The van der Waals surface area contributed by atoms with Crippen molar-refractivity contribution in [2.75, 3.05) is 32.8 Å². The molecule has 1 aromatic carbocycles. The van der Waals surface area contributed by atoms with E-state index in [4.69, 9.17) is 5.11 Å². The molecule has 0 spiro atoms. The molecule has 2 N–H and O–H groups in total. The van der Waals surface area contributed by atoms with E-state index >= 15 is 0 Å². The first-order chi connectivity index (χ1) is 9.22. The highest BCUT2D eigenvalue weighted by molar-refractivity contribution is 5.85. The summed E-state index contributed by atoms with van der Waals surface area (Å²) in [5.74, 6) is -0.789. The number of aliphatic hydroxyl groups excluding tert-OH is 1. The van der Waals surface area contributed by atoms with Crippen LogP contribution in [0.15, 0.2) is 18.2 Å². The van der Waals surface area contributed by atoms with Gasteiger partial charge in [0.1, 0.15) is 11.6 Å². The van der Waals surface area contributed by atoms with Gasteiger partial charge in [-0.25, -0.2) is 8.78 Å². The Morgan fingerprint density at radius 3 is 2.60 bits per heavy atom. The maximum Gasteiger partial charge on any atom is 0.128 e. The number of nitrogens with zero attached hydrogens (tertiary/aromatic N) is 1. The fourth-order valence-electron chi connectivity index (χ4n) is 2.58. The van der Waals surface area contributed by atoms with Gasteiger partial charge in [-0.15, -0.1) is 12.4 Å². The fraction of sp³-hybridized carbons (Fsp3) is 0.571. The van der Waals surface area contributed by atoms with E-state index in [-0.39, 0.29) is 30.9 Å². The van der Waals surface area contributed by atoms with Gasteiger partial charge in [-0.2, -0.15) is 0 Å². The standard InChI is InChI=1S/C14H20F2N2O.ClH/c15-11-3-4-13(16)12(10-11)14(2-1-9-19)18-7-5-17-6-8-18;/h3-4,10,14,17,19H,1-2,5-9H2;1H/t14-;/m0./s1. The van der Waals surface area contributed by atoms with Crippen LogP contribution in [0.2, 0.25) is 0 Å². The summed E-state index contributed by atoms with van der Waals surface area (Å²) in [5, 5.41) is 12.2. The third-order valence-electron chi connectivity index (χ3n) is 3.55. The third-order valence-corrected chi connectivity index (χ3v) is 3.55. The molecule has 1 atom stereocenters. The van der Waals surface area contributed by atoms with Gasteiger partial charge in [0.05, 0.1) is 0 Å². The van der Waals surface area contributed by atoms with Crippen LogP contribution in [0.25, 0.3) is 0 Å². The fourth-order valence-corrected chi connectivity index (χ4v) is 2.58. The number of benzene rings is 1. The van der Waals surface area contributed by atoms with Crippen LogP contribution in [0, 0.1) is 11.6 Å². The monoisotopic (exact) mass is 306 g/mol. The van der Waals surface area contributed by atoms with Crippen molar-refractivity contribution in [1.82, 2.24) is 10.2 Å². The van der Waals surface area contributed by atoms with Gasteiger partial charge in [-0.05, 0) is 31.0 Å². The molecule has 0 radical (unpaired) electrons. The average molecular weight is 307 g/mol. The number of hydrogen-bond donors (Lipinski definition) is 2. The summed E-state index contributed by atoms with van der Waals surface area (Å²) < 4.78 is 27.3. The van der Waals surface area contributed by atoms with Crippen LogP contribution in [0.3, 0.4) is 0 Å². The van der Waals surface area contributed by atoms with Gasteiger partial charge in [0.2, 0.25) is 0 Å². The summed E-state index contributed by atoms with van der Waals surface area (Å²) in [6.45, 7) is 3.40. The summed E-state index contributed by atoms with van der Waals surface area (Å²) >= 11 is 0. The van der Waals surface area contributed by atoms with E-state index in [1.165, 1.54) is 12.1 Å². The summed E-state index contributed by atoms with van der Waals surface area (Å²) in [5.41, 5.74) is 0.398. The zero-order chi connectivity index (χ0) is 13.7. The van der Waals surface area contributed by atoms with E-state index in [1.807, 2.05) is 0 Å². The minimum atomic E-state index is -0.416. The summed E-state index contributed by atoms with van der Waals surface area (Å²) in [6.07, 6.45) is 1.22. The van der Waals surface area contributed by atoms with Crippen molar-refractivity contribution in [2.24, 2.45) is 0 Å². The quantitative estimate of drug-likeness (QED) is 0.874. The molecular formula is C14H21ClF2N2O. The predicted octanol–water partition coefficient (Wildman–Crippen LogP) is 2.11. The van der Waals surface area contributed by atoms with E-state index in [0.29, 0.717) is 18.4 Å². The first-order valence-corrected chi connectivity index (χ1v) is 6.73. The highest BCUT2D eigenvalue weighted by atomic mass is 35.5. The lowest BCUT2D eigenvalue weighted by molar-refractivity contribution is 0.151. The Bertz CT molecular complexity index is 414. The number of piperazine rings is 1. The van der Waals surface area contributed by atoms with Gasteiger partial charge in [-0.1, -0.05) is 0 Å². The second-order valence-electron chi connectivity index (χ2n) is 4.83. The average Bonchev–Trinajstić information content (AvgIpc) is 2.44. The number of halogens is 3. The largest absolute Gasteiger partial charge is 0.396 e. The van der Waals surface area contributed by atoms with Crippen LogP contribution >= 0.6 is 12.4 Å². The maximum absolute atomic E-state index is 13.9.